The summed E-state index contributed by atoms with van der Waals surface area (Å²) < 4.78 is 28.9. The molecule has 10 nitrogen and oxygen atoms in total. The van der Waals surface area contributed by atoms with E-state index >= 15 is 0 Å². The highest BCUT2D eigenvalue weighted by atomic mass is 35.5. The molecule has 0 heterocycles. The number of nitrogens with zero attached hydrogens (tertiary/aromatic N) is 3. The molecule has 13 heteroatoms. The molecule has 2 amide bonds. The van der Waals surface area contributed by atoms with Crippen molar-refractivity contribution in [1.82, 2.24) is 10.2 Å². The first-order valence-corrected chi connectivity index (χ1v) is 16.6. The molecule has 0 spiro atoms. The minimum Gasteiger partial charge on any atom is -0.354 e. The SMILES string of the molecule is CCCNC(=O)C(Cc1ccccc1)N(Cc1ccc(Cl)c(Cl)c1)C(=O)CN(c1ccc([N+](=O)[O-])cc1)S(=O)(=O)c1ccccc1. The Bertz CT molecular complexity index is 1780. The van der Waals surface area contributed by atoms with Crippen LogP contribution in [0.15, 0.2) is 108 Å². The third-order valence-corrected chi connectivity index (χ3v) is 9.64. The summed E-state index contributed by atoms with van der Waals surface area (Å²) in [6.45, 7) is 1.48. The molecule has 0 saturated heterocycles. The van der Waals surface area contributed by atoms with Crippen LogP contribution in [0.25, 0.3) is 0 Å². The fraction of sp³-hybridized carbons (Fsp3) is 0.212. The number of benzene rings is 4. The van der Waals surface area contributed by atoms with E-state index in [1.54, 1.807) is 36.4 Å². The van der Waals surface area contributed by atoms with Crippen molar-refractivity contribution in [2.45, 2.75) is 37.2 Å². The number of nitrogens with one attached hydrogen (secondary N) is 1. The Morgan fingerprint density at radius 3 is 2.09 bits per heavy atom. The van der Waals surface area contributed by atoms with E-state index in [9.17, 15) is 28.1 Å². The summed E-state index contributed by atoms with van der Waals surface area (Å²) in [5.41, 5.74) is 1.14. The summed E-state index contributed by atoms with van der Waals surface area (Å²) in [5.74, 6) is -1.09. The molecular formula is C33H32Cl2N4O6S. The second-order valence-electron chi connectivity index (χ2n) is 10.4. The molecule has 4 aromatic rings. The van der Waals surface area contributed by atoms with E-state index in [1.165, 1.54) is 29.2 Å². The number of halogens is 2. The lowest BCUT2D eigenvalue weighted by Crippen LogP contribution is -2.53. The number of carbonyl (C=O) groups is 2. The van der Waals surface area contributed by atoms with E-state index in [-0.39, 0.29) is 34.3 Å². The van der Waals surface area contributed by atoms with Crippen molar-refractivity contribution in [1.29, 1.82) is 0 Å². The molecule has 0 bridgehead atoms. The molecule has 0 aliphatic rings. The number of carbonyl (C=O) groups excluding carboxylic acids is 2. The molecule has 0 saturated carbocycles. The largest absolute Gasteiger partial charge is 0.354 e. The predicted molar refractivity (Wildman–Crippen MR) is 178 cm³/mol. The van der Waals surface area contributed by atoms with E-state index in [0.717, 1.165) is 22.0 Å². The van der Waals surface area contributed by atoms with Gasteiger partial charge in [0.05, 0.1) is 25.6 Å². The Morgan fingerprint density at radius 2 is 1.50 bits per heavy atom. The number of nitro groups is 1. The van der Waals surface area contributed by atoms with Crippen molar-refractivity contribution in [2.75, 3.05) is 17.4 Å². The molecule has 1 N–H and O–H groups in total. The first kappa shape index (κ1) is 34.4. The number of non-ortho nitro benzene ring substituents is 1. The molecule has 0 radical (unpaired) electrons. The second kappa shape index (κ2) is 15.7. The van der Waals surface area contributed by atoms with Crippen molar-refractivity contribution in [3.8, 4) is 0 Å². The van der Waals surface area contributed by atoms with Crippen LogP contribution in [0.5, 0.6) is 0 Å². The molecular weight excluding hydrogens is 651 g/mol. The number of sulfonamides is 1. The van der Waals surface area contributed by atoms with Gasteiger partial charge in [-0.25, -0.2) is 8.42 Å². The molecule has 1 atom stereocenters. The summed E-state index contributed by atoms with van der Waals surface area (Å²) in [4.78, 5) is 40.1. The maximum Gasteiger partial charge on any atom is 0.269 e. The van der Waals surface area contributed by atoms with E-state index in [4.69, 9.17) is 23.2 Å². The number of nitro benzene ring substituents is 1. The second-order valence-corrected chi connectivity index (χ2v) is 13.0. The van der Waals surface area contributed by atoms with Gasteiger partial charge < -0.3 is 10.2 Å². The number of hydrogen-bond donors (Lipinski definition) is 1. The van der Waals surface area contributed by atoms with Gasteiger partial charge in [-0.3, -0.25) is 24.0 Å². The van der Waals surface area contributed by atoms with Gasteiger partial charge in [-0.2, -0.15) is 0 Å². The normalized spacial score (nSPS) is 11.8. The fourth-order valence-corrected chi connectivity index (χ4v) is 6.50. The third kappa shape index (κ3) is 8.63. The highest BCUT2D eigenvalue weighted by molar-refractivity contribution is 7.92. The summed E-state index contributed by atoms with van der Waals surface area (Å²) in [6, 6.07) is 25.4. The van der Waals surface area contributed by atoms with E-state index < -0.39 is 39.3 Å². The fourth-order valence-electron chi connectivity index (χ4n) is 4.74. The van der Waals surface area contributed by atoms with Crippen molar-refractivity contribution in [3.05, 3.63) is 134 Å². The Kier molecular flexibility index (Phi) is 11.8. The predicted octanol–water partition coefficient (Wildman–Crippen LogP) is 6.26. The van der Waals surface area contributed by atoms with Crippen molar-refractivity contribution in [3.63, 3.8) is 0 Å². The lowest BCUT2D eigenvalue weighted by Gasteiger charge is -2.34. The van der Waals surface area contributed by atoms with Gasteiger partial charge in [-0.1, -0.05) is 84.7 Å². The summed E-state index contributed by atoms with van der Waals surface area (Å²) in [7, 11) is -4.34. The van der Waals surface area contributed by atoms with Crippen LogP contribution in [0, 0.1) is 10.1 Å². The van der Waals surface area contributed by atoms with Gasteiger partial charge in [0.1, 0.15) is 12.6 Å². The lowest BCUT2D eigenvalue weighted by molar-refractivity contribution is -0.384. The van der Waals surface area contributed by atoms with E-state index in [1.807, 2.05) is 37.3 Å². The van der Waals surface area contributed by atoms with Crippen LogP contribution in [0.3, 0.4) is 0 Å². The number of rotatable bonds is 14. The van der Waals surface area contributed by atoms with Crippen LogP contribution in [-0.2, 0) is 32.6 Å². The molecule has 0 aromatic heterocycles. The van der Waals surface area contributed by atoms with Crippen molar-refractivity contribution in [2.24, 2.45) is 0 Å². The Hall–Kier alpha value is -4.45. The van der Waals surface area contributed by atoms with Gasteiger partial charge >= 0.3 is 0 Å². The summed E-state index contributed by atoms with van der Waals surface area (Å²) in [5, 5.41) is 14.7. The minimum absolute atomic E-state index is 0.0346. The van der Waals surface area contributed by atoms with Crippen LogP contribution >= 0.6 is 23.2 Å². The standard InChI is InChI=1S/C33H32Cl2N4O6S/c1-2-19-36-33(41)31(21-24-9-5-3-6-10-24)37(22-25-13-18-29(34)30(35)20-25)32(40)23-38(26-14-16-27(17-15-26)39(42)43)46(44,45)28-11-7-4-8-12-28/h3-18,20,31H,2,19,21-23H2,1H3,(H,36,41). The maximum absolute atomic E-state index is 14.4. The van der Waals surface area contributed by atoms with Gasteiger partial charge in [-0.15, -0.1) is 0 Å². The first-order chi connectivity index (χ1) is 22.0. The molecule has 0 aliphatic carbocycles. The Balaban J connectivity index is 1.81. The average Bonchev–Trinajstić information content (AvgIpc) is 3.06. The zero-order valence-electron chi connectivity index (χ0n) is 24.9. The van der Waals surface area contributed by atoms with Gasteiger partial charge in [0.2, 0.25) is 11.8 Å². The topological polar surface area (TPSA) is 130 Å². The van der Waals surface area contributed by atoms with Crippen LogP contribution in [0.1, 0.15) is 24.5 Å². The van der Waals surface area contributed by atoms with Gasteiger partial charge in [0.15, 0.2) is 0 Å². The molecule has 4 rings (SSSR count). The zero-order valence-corrected chi connectivity index (χ0v) is 27.2. The smallest absolute Gasteiger partial charge is 0.269 e. The maximum atomic E-state index is 14.4. The first-order valence-electron chi connectivity index (χ1n) is 14.4. The monoisotopic (exact) mass is 682 g/mol. The average molecular weight is 684 g/mol. The van der Waals surface area contributed by atoms with Crippen molar-refractivity contribution < 1.29 is 22.9 Å². The van der Waals surface area contributed by atoms with E-state index in [2.05, 4.69) is 5.32 Å². The molecule has 240 valence electrons. The minimum atomic E-state index is -4.34. The third-order valence-electron chi connectivity index (χ3n) is 7.12. The zero-order chi connectivity index (χ0) is 33.3. The molecule has 1 unspecified atom stereocenters. The van der Waals surface area contributed by atoms with Crippen LogP contribution < -0.4 is 9.62 Å². The lowest BCUT2D eigenvalue weighted by atomic mass is 10.0. The summed E-state index contributed by atoms with van der Waals surface area (Å²) >= 11 is 12.4. The quantitative estimate of drug-likeness (QED) is 0.123. The summed E-state index contributed by atoms with van der Waals surface area (Å²) in [6.07, 6.45) is 0.806. The van der Waals surface area contributed by atoms with Gasteiger partial charge in [0, 0.05) is 31.6 Å². The van der Waals surface area contributed by atoms with Crippen LogP contribution in [0.2, 0.25) is 10.0 Å². The Morgan fingerprint density at radius 1 is 0.870 bits per heavy atom. The van der Waals surface area contributed by atoms with Gasteiger partial charge in [0.25, 0.3) is 15.7 Å². The highest BCUT2D eigenvalue weighted by Crippen LogP contribution is 2.28. The van der Waals surface area contributed by atoms with Crippen molar-refractivity contribution >= 4 is 56.4 Å². The number of anilines is 1. The van der Waals surface area contributed by atoms with Gasteiger partial charge in [-0.05, 0) is 53.9 Å². The number of amides is 2. The molecule has 4 aromatic carbocycles. The molecule has 0 aliphatic heterocycles. The molecule has 0 fully saturated rings. The van der Waals surface area contributed by atoms with E-state index in [0.29, 0.717) is 23.6 Å². The van der Waals surface area contributed by atoms with Crippen LogP contribution in [-0.4, -0.2) is 49.2 Å². The van der Waals surface area contributed by atoms with Crippen LogP contribution in [0.4, 0.5) is 11.4 Å². The highest BCUT2D eigenvalue weighted by Gasteiger charge is 2.34. The molecule has 46 heavy (non-hydrogen) atoms. The number of hydrogen-bond acceptors (Lipinski definition) is 6. The Labute approximate surface area is 277 Å².